The molecule has 1 aliphatic heterocycles. The zero-order chi connectivity index (χ0) is 21.0. The number of hydrogen-bond acceptors (Lipinski definition) is 5. The van der Waals surface area contributed by atoms with Crippen molar-refractivity contribution < 1.29 is 22.7 Å². The Labute approximate surface area is 171 Å². The molecule has 1 aliphatic rings. The number of carbonyl (C=O) groups is 1. The monoisotopic (exact) mass is 418 g/mol. The summed E-state index contributed by atoms with van der Waals surface area (Å²) in [6.07, 6.45) is 0.736. The van der Waals surface area contributed by atoms with E-state index in [9.17, 15) is 13.2 Å². The van der Waals surface area contributed by atoms with Gasteiger partial charge < -0.3 is 14.8 Å². The fraction of sp³-hybridized carbons (Fsp3) is 0.381. The van der Waals surface area contributed by atoms with Crippen LogP contribution in [0.15, 0.2) is 48.5 Å². The number of fused-ring (bicyclic) bond motifs is 1. The minimum absolute atomic E-state index is 0.0994. The van der Waals surface area contributed by atoms with Crippen LogP contribution in [0.3, 0.4) is 0 Å². The van der Waals surface area contributed by atoms with Crippen LogP contribution < -0.4 is 19.1 Å². The number of rotatable bonds is 6. The summed E-state index contributed by atoms with van der Waals surface area (Å²) in [4.78, 5) is 12.7. The summed E-state index contributed by atoms with van der Waals surface area (Å²) in [6.45, 7) is 4.45. The number of nitrogens with one attached hydrogen (secondary N) is 1. The average molecular weight is 419 g/mol. The lowest BCUT2D eigenvalue weighted by molar-refractivity contribution is -0.128. The lowest BCUT2D eigenvalue weighted by Crippen LogP contribution is -2.39. The van der Waals surface area contributed by atoms with Gasteiger partial charge in [0.05, 0.1) is 18.0 Å². The predicted octanol–water partition coefficient (Wildman–Crippen LogP) is 2.71. The highest BCUT2D eigenvalue weighted by Crippen LogP contribution is 2.33. The van der Waals surface area contributed by atoms with E-state index in [-0.39, 0.29) is 25.0 Å². The molecule has 1 atom stereocenters. The Hall–Kier alpha value is -2.74. The van der Waals surface area contributed by atoms with Gasteiger partial charge in [-0.25, -0.2) is 8.42 Å². The van der Waals surface area contributed by atoms with E-state index in [0.29, 0.717) is 18.0 Å². The highest BCUT2D eigenvalue weighted by molar-refractivity contribution is 7.92. The molecule has 0 saturated carbocycles. The van der Waals surface area contributed by atoms with Gasteiger partial charge in [-0.2, -0.15) is 0 Å². The second-order valence-electron chi connectivity index (χ2n) is 7.23. The van der Waals surface area contributed by atoms with Gasteiger partial charge in [0.2, 0.25) is 10.0 Å². The fourth-order valence-corrected chi connectivity index (χ4v) is 4.07. The lowest BCUT2D eigenvalue weighted by atomic mass is 10.2. The number of amides is 1. The first-order chi connectivity index (χ1) is 13.7. The van der Waals surface area contributed by atoms with Crippen LogP contribution in [-0.4, -0.2) is 39.3 Å². The number of hydrogen-bond donors (Lipinski definition) is 1. The Kier molecular flexibility index (Phi) is 6.32. The van der Waals surface area contributed by atoms with E-state index in [1.807, 2.05) is 38.1 Å². The van der Waals surface area contributed by atoms with E-state index in [1.165, 1.54) is 4.31 Å². The summed E-state index contributed by atoms with van der Waals surface area (Å²) >= 11 is 0. The molecule has 3 rings (SSSR count). The molecule has 0 bridgehead atoms. The van der Waals surface area contributed by atoms with Gasteiger partial charge in [-0.05, 0) is 43.7 Å². The highest BCUT2D eigenvalue weighted by atomic mass is 32.2. The molecule has 2 aromatic rings. The Balaban J connectivity index is 1.66. The van der Waals surface area contributed by atoms with Crippen LogP contribution in [0, 0.1) is 0 Å². The van der Waals surface area contributed by atoms with Gasteiger partial charge in [-0.3, -0.25) is 9.10 Å². The van der Waals surface area contributed by atoms with E-state index in [4.69, 9.17) is 9.47 Å². The summed E-state index contributed by atoms with van der Waals surface area (Å²) in [6, 6.07) is 14.4. The van der Waals surface area contributed by atoms with Crippen molar-refractivity contribution >= 4 is 21.6 Å². The first-order valence-corrected chi connectivity index (χ1v) is 11.4. The van der Waals surface area contributed by atoms with Gasteiger partial charge in [-0.15, -0.1) is 0 Å². The summed E-state index contributed by atoms with van der Waals surface area (Å²) in [7, 11) is -3.47. The van der Waals surface area contributed by atoms with Crippen LogP contribution in [0.5, 0.6) is 11.5 Å². The summed E-state index contributed by atoms with van der Waals surface area (Å²) in [5.41, 5.74) is 1.38. The van der Waals surface area contributed by atoms with Crippen molar-refractivity contribution in [2.24, 2.45) is 0 Å². The van der Waals surface area contributed by atoms with Gasteiger partial charge in [-0.1, -0.05) is 24.3 Å². The fourth-order valence-electron chi connectivity index (χ4n) is 3.12. The van der Waals surface area contributed by atoms with Gasteiger partial charge >= 0.3 is 0 Å². The number of nitrogens with zero attached hydrogens (tertiary/aromatic N) is 1. The molecule has 0 aliphatic carbocycles. The SMILES string of the molecule is CC(C)Oc1ccc(CNC(=O)C2CCN(S(C)(=O)=O)c3ccccc3O2)cc1. The third kappa shape index (κ3) is 5.41. The van der Waals surface area contributed by atoms with Crippen molar-refractivity contribution in [1.82, 2.24) is 5.32 Å². The molecule has 29 heavy (non-hydrogen) atoms. The molecule has 0 fully saturated rings. The normalized spacial score (nSPS) is 16.6. The van der Waals surface area contributed by atoms with E-state index in [1.54, 1.807) is 24.3 Å². The third-order valence-electron chi connectivity index (χ3n) is 4.45. The van der Waals surface area contributed by atoms with Crippen molar-refractivity contribution in [3.63, 3.8) is 0 Å². The standard InChI is InChI=1S/C21H26N2O5S/c1-15(2)27-17-10-8-16(9-11-17)14-22-21(24)20-12-13-23(29(3,25)26)18-6-4-5-7-19(18)28-20/h4-11,15,20H,12-14H2,1-3H3,(H,22,24). The molecule has 0 aromatic heterocycles. The molecule has 0 radical (unpaired) electrons. The minimum Gasteiger partial charge on any atom is -0.491 e. The first-order valence-electron chi connectivity index (χ1n) is 9.51. The second-order valence-corrected chi connectivity index (χ2v) is 9.13. The molecule has 1 unspecified atom stereocenters. The predicted molar refractivity (Wildman–Crippen MR) is 112 cm³/mol. The molecule has 7 nitrogen and oxygen atoms in total. The van der Waals surface area contributed by atoms with Crippen molar-refractivity contribution in [2.75, 3.05) is 17.1 Å². The van der Waals surface area contributed by atoms with Crippen molar-refractivity contribution in [1.29, 1.82) is 0 Å². The van der Waals surface area contributed by atoms with Crippen LogP contribution >= 0.6 is 0 Å². The second kappa shape index (κ2) is 8.73. The quantitative estimate of drug-likeness (QED) is 0.780. The maximum atomic E-state index is 12.7. The highest BCUT2D eigenvalue weighted by Gasteiger charge is 2.30. The van der Waals surface area contributed by atoms with Crippen LogP contribution in [0.25, 0.3) is 0 Å². The largest absolute Gasteiger partial charge is 0.491 e. The van der Waals surface area contributed by atoms with Crippen LogP contribution in [0.1, 0.15) is 25.8 Å². The molecule has 0 spiro atoms. The molecular weight excluding hydrogens is 392 g/mol. The number of anilines is 1. The molecule has 1 amide bonds. The van der Waals surface area contributed by atoms with Crippen LogP contribution in [0.2, 0.25) is 0 Å². The molecule has 2 aromatic carbocycles. The van der Waals surface area contributed by atoms with Gasteiger partial charge in [0.25, 0.3) is 5.91 Å². The number of carbonyl (C=O) groups excluding carboxylic acids is 1. The van der Waals surface area contributed by atoms with E-state index >= 15 is 0 Å². The van der Waals surface area contributed by atoms with Crippen molar-refractivity contribution in [3.8, 4) is 11.5 Å². The average Bonchev–Trinajstić information content (AvgIpc) is 2.86. The molecule has 1 heterocycles. The number of para-hydroxylation sites is 2. The van der Waals surface area contributed by atoms with Gasteiger partial charge in [0, 0.05) is 19.5 Å². The summed E-state index contributed by atoms with van der Waals surface area (Å²) in [5.74, 6) is 0.878. The van der Waals surface area contributed by atoms with Crippen LogP contribution in [0.4, 0.5) is 5.69 Å². The Morgan fingerprint density at radius 3 is 2.55 bits per heavy atom. The van der Waals surface area contributed by atoms with E-state index in [0.717, 1.165) is 17.6 Å². The summed E-state index contributed by atoms with van der Waals surface area (Å²) < 4.78 is 37.0. The lowest BCUT2D eigenvalue weighted by Gasteiger charge is -2.20. The summed E-state index contributed by atoms with van der Waals surface area (Å²) in [5, 5.41) is 2.87. The van der Waals surface area contributed by atoms with E-state index in [2.05, 4.69) is 5.32 Å². The van der Waals surface area contributed by atoms with Crippen LogP contribution in [-0.2, 0) is 21.4 Å². The topological polar surface area (TPSA) is 84.9 Å². The molecular formula is C21H26N2O5S. The van der Waals surface area contributed by atoms with Crippen molar-refractivity contribution in [3.05, 3.63) is 54.1 Å². The van der Waals surface area contributed by atoms with Crippen molar-refractivity contribution in [2.45, 2.75) is 39.0 Å². The maximum Gasteiger partial charge on any atom is 0.261 e. The van der Waals surface area contributed by atoms with Gasteiger partial charge in [0.1, 0.15) is 11.5 Å². The Bertz CT molecular complexity index is 957. The minimum atomic E-state index is -3.47. The maximum absolute atomic E-state index is 12.7. The third-order valence-corrected chi connectivity index (χ3v) is 5.63. The zero-order valence-corrected chi connectivity index (χ0v) is 17.6. The Morgan fingerprint density at radius 2 is 1.90 bits per heavy atom. The number of sulfonamides is 1. The molecule has 0 saturated heterocycles. The smallest absolute Gasteiger partial charge is 0.261 e. The van der Waals surface area contributed by atoms with Gasteiger partial charge in [0.15, 0.2) is 6.10 Å². The Morgan fingerprint density at radius 1 is 1.21 bits per heavy atom. The molecule has 8 heteroatoms. The number of ether oxygens (including phenoxy) is 2. The molecule has 1 N–H and O–H groups in total. The zero-order valence-electron chi connectivity index (χ0n) is 16.8. The molecule has 156 valence electrons. The number of benzene rings is 2. The first kappa shape index (κ1) is 21.0. The van der Waals surface area contributed by atoms with E-state index < -0.39 is 16.1 Å².